The molecule has 0 amide bonds. The Balaban J connectivity index is 1.66. The highest BCUT2D eigenvalue weighted by Crippen LogP contribution is 2.13. The normalized spacial score (nSPS) is 10.7. The minimum atomic E-state index is 0.899. The molecule has 0 saturated carbocycles. The number of nitrogens with two attached hydrogens (primary N) is 1. The predicted molar refractivity (Wildman–Crippen MR) is 77.7 cm³/mol. The van der Waals surface area contributed by atoms with E-state index in [1.807, 2.05) is 31.3 Å². The Morgan fingerprint density at radius 3 is 2.89 bits per heavy atom. The van der Waals surface area contributed by atoms with Crippen molar-refractivity contribution in [3.63, 3.8) is 0 Å². The molecule has 0 aliphatic heterocycles. The van der Waals surface area contributed by atoms with Gasteiger partial charge in [-0.05, 0) is 37.9 Å². The maximum atomic E-state index is 5.90. The lowest BCUT2D eigenvalue weighted by molar-refractivity contribution is 0.654. The van der Waals surface area contributed by atoms with Crippen LogP contribution in [0.5, 0.6) is 0 Å². The summed E-state index contributed by atoms with van der Waals surface area (Å²) in [6, 6.07) is 8.08. The van der Waals surface area contributed by atoms with E-state index in [2.05, 4.69) is 16.4 Å². The van der Waals surface area contributed by atoms with Gasteiger partial charge < -0.3 is 11.1 Å². The summed E-state index contributed by atoms with van der Waals surface area (Å²) in [6.07, 6.45) is 4.08. The third kappa shape index (κ3) is 3.82. The zero-order valence-electron chi connectivity index (χ0n) is 10.6. The monoisotopic (exact) mass is 261 g/mol. The van der Waals surface area contributed by atoms with Crippen LogP contribution in [-0.4, -0.2) is 11.5 Å². The summed E-state index contributed by atoms with van der Waals surface area (Å²) in [7, 11) is 0. The van der Waals surface area contributed by atoms with Crippen LogP contribution in [0.2, 0.25) is 0 Å². The van der Waals surface area contributed by atoms with Gasteiger partial charge in [-0.3, -0.25) is 0 Å². The van der Waals surface area contributed by atoms with Crippen LogP contribution >= 0.6 is 11.3 Å². The first kappa shape index (κ1) is 13.1. The van der Waals surface area contributed by atoms with Crippen molar-refractivity contribution in [1.82, 2.24) is 10.3 Å². The summed E-state index contributed by atoms with van der Waals surface area (Å²) in [6.45, 7) is 3.95. The Morgan fingerprint density at radius 2 is 2.17 bits per heavy atom. The van der Waals surface area contributed by atoms with Crippen molar-refractivity contribution in [2.45, 2.75) is 26.3 Å². The van der Waals surface area contributed by atoms with Gasteiger partial charge in [-0.1, -0.05) is 18.2 Å². The van der Waals surface area contributed by atoms with E-state index in [0.29, 0.717) is 0 Å². The molecule has 0 radical (unpaired) electrons. The molecule has 0 saturated heterocycles. The molecule has 0 fully saturated rings. The fourth-order valence-corrected chi connectivity index (χ4v) is 2.63. The number of para-hydroxylation sites is 1. The van der Waals surface area contributed by atoms with Crippen molar-refractivity contribution in [2.24, 2.45) is 0 Å². The molecule has 96 valence electrons. The average molecular weight is 261 g/mol. The van der Waals surface area contributed by atoms with E-state index >= 15 is 0 Å². The molecule has 0 spiro atoms. The second kappa shape index (κ2) is 6.52. The van der Waals surface area contributed by atoms with E-state index in [9.17, 15) is 0 Å². The molecule has 18 heavy (non-hydrogen) atoms. The number of thiazole rings is 1. The molecular weight excluding hydrogens is 242 g/mol. The van der Waals surface area contributed by atoms with Crippen LogP contribution in [0, 0.1) is 6.92 Å². The number of aryl methyl sites for hydroxylation is 2. The van der Waals surface area contributed by atoms with Crippen molar-refractivity contribution in [1.29, 1.82) is 0 Å². The highest BCUT2D eigenvalue weighted by Gasteiger charge is 1.99. The summed E-state index contributed by atoms with van der Waals surface area (Å²) in [5, 5.41) is 4.56. The molecule has 1 aromatic heterocycles. The topological polar surface area (TPSA) is 50.9 Å². The first-order valence-corrected chi connectivity index (χ1v) is 7.03. The van der Waals surface area contributed by atoms with Crippen LogP contribution in [0.1, 0.15) is 21.9 Å². The number of benzene rings is 1. The van der Waals surface area contributed by atoms with Gasteiger partial charge in [0.05, 0.1) is 5.01 Å². The Labute approximate surface area is 112 Å². The summed E-state index contributed by atoms with van der Waals surface area (Å²) < 4.78 is 0. The third-order valence-electron chi connectivity index (χ3n) is 2.82. The lowest BCUT2D eigenvalue weighted by Crippen LogP contribution is -2.14. The summed E-state index contributed by atoms with van der Waals surface area (Å²) in [5.74, 6) is 0. The van der Waals surface area contributed by atoms with Crippen molar-refractivity contribution in [3.05, 3.63) is 45.9 Å². The first-order chi connectivity index (χ1) is 8.75. The molecule has 1 aromatic carbocycles. The Kier molecular flexibility index (Phi) is 4.73. The minimum absolute atomic E-state index is 0.899. The molecule has 3 nitrogen and oxygen atoms in total. The number of nitrogens with one attached hydrogen (secondary N) is 1. The maximum absolute atomic E-state index is 5.90. The lowest BCUT2D eigenvalue weighted by Gasteiger charge is -2.05. The predicted octanol–water partition coefficient (Wildman–Crippen LogP) is 2.76. The van der Waals surface area contributed by atoms with Crippen LogP contribution < -0.4 is 11.1 Å². The van der Waals surface area contributed by atoms with E-state index in [0.717, 1.165) is 36.6 Å². The Morgan fingerprint density at radius 1 is 1.33 bits per heavy atom. The van der Waals surface area contributed by atoms with Gasteiger partial charge >= 0.3 is 0 Å². The highest BCUT2D eigenvalue weighted by molar-refractivity contribution is 7.11. The van der Waals surface area contributed by atoms with Gasteiger partial charge in [-0.2, -0.15) is 0 Å². The van der Waals surface area contributed by atoms with E-state index in [1.165, 1.54) is 10.4 Å². The van der Waals surface area contributed by atoms with Crippen LogP contribution in [0.4, 0.5) is 5.69 Å². The molecule has 0 bridgehead atoms. The number of hydrogen-bond acceptors (Lipinski definition) is 4. The standard InChI is InChI=1S/C14H19N3S/c1-11-17-10-13(18-11)9-16-8-4-6-12-5-2-3-7-14(12)15/h2-3,5,7,10,16H,4,6,8-9,15H2,1H3. The summed E-state index contributed by atoms with van der Waals surface area (Å²) in [5.41, 5.74) is 8.04. The smallest absolute Gasteiger partial charge is 0.0897 e. The zero-order chi connectivity index (χ0) is 12.8. The number of nitrogens with zero attached hydrogens (tertiary/aromatic N) is 1. The van der Waals surface area contributed by atoms with Gasteiger partial charge in [-0.25, -0.2) is 4.98 Å². The molecule has 0 unspecified atom stereocenters. The second-order valence-electron chi connectivity index (χ2n) is 4.32. The van der Waals surface area contributed by atoms with Gasteiger partial charge in [0.25, 0.3) is 0 Å². The molecule has 2 rings (SSSR count). The largest absolute Gasteiger partial charge is 0.399 e. The van der Waals surface area contributed by atoms with Crippen LogP contribution in [0.15, 0.2) is 30.5 Å². The van der Waals surface area contributed by atoms with Gasteiger partial charge in [0.15, 0.2) is 0 Å². The number of anilines is 1. The molecular formula is C14H19N3S. The zero-order valence-corrected chi connectivity index (χ0v) is 11.5. The number of nitrogen functional groups attached to an aromatic ring is 1. The number of rotatable bonds is 6. The van der Waals surface area contributed by atoms with E-state index in [4.69, 9.17) is 5.73 Å². The van der Waals surface area contributed by atoms with Crippen LogP contribution in [-0.2, 0) is 13.0 Å². The fraction of sp³-hybridized carbons (Fsp3) is 0.357. The molecule has 2 aromatic rings. The van der Waals surface area contributed by atoms with Crippen molar-refractivity contribution in [3.8, 4) is 0 Å². The Bertz CT molecular complexity index is 493. The summed E-state index contributed by atoms with van der Waals surface area (Å²) in [4.78, 5) is 5.53. The fourth-order valence-electron chi connectivity index (χ4n) is 1.86. The third-order valence-corrected chi connectivity index (χ3v) is 3.74. The highest BCUT2D eigenvalue weighted by atomic mass is 32.1. The quantitative estimate of drug-likeness (QED) is 0.621. The summed E-state index contributed by atoms with van der Waals surface area (Å²) >= 11 is 1.75. The van der Waals surface area contributed by atoms with Crippen molar-refractivity contribution < 1.29 is 0 Å². The Hall–Kier alpha value is -1.39. The average Bonchev–Trinajstić information content (AvgIpc) is 2.77. The maximum Gasteiger partial charge on any atom is 0.0897 e. The van der Waals surface area contributed by atoms with Gasteiger partial charge in [0.2, 0.25) is 0 Å². The minimum Gasteiger partial charge on any atom is -0.399 e. The van der Waals surface area contributed by atoms with Crippen molar-refractivity contribution >= 4 is 17.0 Å². The van der Waals surface area contributed by atoms with Crippen LogP contribution in [0.3, 0.4) is 0 Å². The second-order valence-corrected chi connectivity index (χ2v) is 5.64. The van der Waals surface area contributed by atoms with E-state index < -0.39 is 0 Å². The van der Waals surface area contributed by atoms with Crippen LogP contribution in [0.25, 0.3) is 0 Å². The lowest BCUT2D eigenvalue weighted by atomic mass is 10.1. The molecule has 4 heteroatoms. The SMILES string of the molecule is Cc1ncc(CNCCCc2ccccc2N)s1. The number of hydrogen-bond donors (Lipinski definition) is 2. The molecule has 1 heterocycles. The van der Waals surface area contributed by atoms with Gasteiger partial charge in [0, 0.05) is 23.3 Å². The first-order valence-electron chi connectivity index (χ1n) is 6.21. The molecule has 0 aliphatic carbocycles. The van der Waals surface area contributed by atoms with E-state index in [-0.39, 0.29) is 0 Å². The molecule has 0 aliphatic rings. The number of aromatic nitrogens is 1. The molecule has 0 atom stereocenters. The van der Waals surface area contributed by atoms with Gasteiger partial charge in [-0.15, -0.1) is 11.3 Å². The van der Waals surface area contributed by atoms with E-state index in [1.54, 1.807) is 11.3 Å². The molecule has 3 N–H and O–H groups in total. The van der Waals surface area contributed by atoms with Gasteiger partial charge in [0.1, 0.15) is 0 Å². The van der Waals surface area contributed by atoms with Crippen molar-refractivity contribution in [2.75, 3.05) is 12.3 Å².